The molecule has 0 saturated heterocycles. The Morgan fingerprint density at radius 1 is 1.18 bits per heavy atom. The topological polar surface area (TPSA) is 18.8 Å². The van der Waals surface area contributed by atoms with Gasteiger partial charge in [-0.05, 0) is 13.8 Å². The second-order valence-electron chi connectivity index (χ2n) is 3.12. The molecular formula is C8H19N3. The molecule has 0 amide bonds. The molecule has 0 aliphatic heterocycles. The Kier molecular flexibility index (Phi) is 3.93. The van der Waals surface area contributed by atoms with E-state index in [0.717, 1.165) is 5.96 Å². The first kappa shape index (κ1) is 10.3. The van der Waals surface area contributed by atoms with E-state index in [1.807, 2.05) is 33.1 Å². The van der Waals surface area contributed by atoms with Gasteiger partial charge in [0.15, 0.2) is 5.96 Å². The molecule has 0 rings (SSSR count). The first-order chi connectivity index (χ1) is 5.00. The van der Waals surface area contributed by atoms with Crippen LogP contribution < -0.4 is 0 Å². The zero-order valence-corrected chi connectivity index (χ0v) is 8.42. The van der Waals surface area contributed by atoms with Crippen molar-refractivity contribution in [3.63, 3.8) is 0 Å². The summed E-state index contributed by atoms with van der Waals surface area (Å²) >= 11 is 0. The number of nitrogens with zero attached hydrogens (tertiary/aromatic N) is 3. The SMILES string of the molecule is C/N=C(\N(C)C)N(C)C(C)C. The summed E-state index contributed by atoms with van der Waals surface area (Å²) in [5, 5.41) is 0. The molecule has 0 bridgehead atoms. The molecule has 0 unspecified atom stereocenters. The molecule has 0 aliphatic rings. The third-order valence-electron chi connectivity index (χ3n) is 1.69. The van der Waals surface area contributed by atoms with E-state index in [9.17, 15) is 0 Å². The fraction of sp³-hybridized carbons (Fsp3) is 0.875. The van der Waals surface area contributed by atoms with E-state index in [1.165, 1.54) is 0 Å². The largest absolute Gasteiger partial charge is 0.349 e. The van der Waals surface area contributed by atoms with Crippen LogP contribution in [-0.4, -0.2) is 50.0 Å². The van der Waals surface area contributed by atoms with Gasteiger partial charge in [-0.3, -0.25) is 4.99 Å². The van der Waals surface area contributed by atoms with Crippen molar-refractivity contribution in [1.29, 1.82) is 0 Å². The minimum Gasteiger partial charge on any atom is -0.349 e. The molecule has 0 aromatic carbocycles. The van der Waals surface area contributed by atoms with Gasteiger partial charge in [0, 0.05) is 34.2 Å². The van der Waals surface area contributed by atoms with Gasteiger partial charge in [-0.1, -0.05) is 0 Å². The number of guanidine groups is 1. The molecule has 0 N–H and O–H groups in total. The van der Waals surface area contributed by atoms with Crippen LogP contribution in [0.3, 0.4) is 0 Å². The lowest BCUT2D eigenvalue weighted by atomic mass is 10.3. The smallest absolute Gasteiger partial charge is 0.195 e. The summed E-state index contributed by atoms with van der Waals surface area (Å²) in [6, 6.07) is 0.496. The van der Waals surface area contributed by atoms with E-state index in [-0.39, 0.29) is 0 Å². The van der Waals surface area contributed by atoms with Crippen LogP contribution in [0.25, 0.3) is 0 Å². The fourth-order valence-electron chi connectivity index (χ4n) is 0.904. The molecule has 0 aliphatic carbocycles. The van der Waals surface area contributed by atoms with Crippen LogP contribution in [0.1, 0.15) is 13.8 Å². The quantitative estimate of drug-likeness (QED) is 0.415. The normalized spacial score (nSPS) is 12.1. The average molecular weight is 157 g/mol. The molecule has 0 heterocycles. The first-order valence-electron chi connectivity index (χ1n) is 3.87. The van der Waals surface area contributed by atoms with Crippen molar-refractivity contribution in [2.24, 2.45) is 4.99 Å². The predicted octanol–water partition coefficient (Wildman–Crippen LogP) is 0.874. The average Bonchev–Trinajstić information content (AvgIpc) is 1.88. The summed E-state index contributed by atoms with van der Waals surface area (Å²) in [6.45, 7) is 4.30. The van der Waals surface area contributed by atoms with Gasteiger partial charge in [-0.2, -0.15) is 0 Å². The highest BCUT2D eigenvalue weighted by Crippen LogP contribution is 1.97. The van der Waals surface area contributed by atoms with E-state index in [1.54, 1.807) is 0 Å². The highest BCUT2D eigenvalue weighted by molar-refractivity contribution is 5.79. The van der Waals surface area contributed by atoms with E-state index in [0.29, 0.717) is 6.04 Å². The molecule has 3 heteroatoms. The molecule has 0 spiro atoms. The summed E-state index contributed by atoms with van der Waals surface area (Å²) in [7, 11) is 7.86. The minimum atomic E-state index is 0.496. The molecule has 0 saturated carbocycles. The third-order valence-corrected chi connectivity index (χ3v) is 1.69. The highest BCUT2D eigenvalue weighted by atomic mass is 15.3. The molecule has 0 radical (unpaired) electrons. The van der Waals surface area contributed by atoms with Crippen LogP contribution in [0, 0.1) is 0 Å². The van der Waals surface area contributed by atoms with E-state index >= 15 is 0 Å². The first-order valence-corrected chi connectivity index (χ1v) is 3.87. The Morgan fingerprint density at radius 3 is 1.73 bits per heavy atom. The van der Waals surface area contributed by atoms with Crippen LogP contribution in [-0.2, 0) is 0 Å². The van der Waals surface area contributed by atoms with Crippen molar-refractivity contribution in [2.45, 2.75) is 19.9 Å². The van der Waals surface area contributed by atoms with Crippen LogP contribution in [0.2, 0.25) is 0 Å². The molecule has 0 aromatic heterocycles. The van der Waals surface area contributed by atoms with E-state index < -0.39 is 0 Å². The third kappa shape index (κ3) is 2.78. The summed E-state index contributed by atoms with van der Waals surface area (Å²) in [5.74, 6) is 1.01. The number of hydrogen-bond acceptors (Lipinski definition) is 1. The van der Waals surface area contributed by atoms with Crippen molar-refractivity contribution < 1.29 is 0 Å². The zero-order valence-electron chi connectivity index (χ0n) is 8.42. The van der Waals surface area contributed by atoms with Crippen molar-refractivity contribution >= 4 is 5.96 Å². The van der Waals surface area contributed by atoms with Gasteiger partial charge in [0.05, 0.1) is 0 Å². The Morgan fingerprint density at radius 2 is 1.64 bits per heavy atom. The number of rotatable bonds is 1. The summed E-state index contributed by atoms with van der Waals surface area (Å²) < 4.78 is 0. The van der Waals surface area contributed by atoms with Gasteiger partial charge in [0.2, 0.25) is 0 Å². The van der Waals surface area contributed by atoms with Crippen LogP contribution in [0.15, 0.2) is 4.99 Å². The van der Waals surface area contributed by atoms with Crippen molar-refractivity contribution in [3.05, 3.63) is 0 Å². The zero-order chi connectivity index (χ0) is 9.02. The second-order valence-corrected chi connectivity index (χ2v) is 3.12. The van der Waals surface area contributed by atoms with Gasteiger partial charge in [0.25, 0.3) is 0 Å². The maximum atomic E-state index is 4.18. The Balaban J connectivity index is 4.28. The van der Waals surface area contributed by atoms with Gasteiger partial charge >= 0.3 is 0 Å². The fourth-order valence-corrected chi connectivity index (χ4v) is 0.904. The van der Waals surface area contributed by atoms with Crippen molar-refractivity contribution in [2.75, 3.05) is 28.2 Å². The number of aliphatic imine (C=N–C) groups is 1. The summed E-state index contributed by atoms with van der Waals surface area (Å²) in [4.78, 5) is 8.33. The molecule has 3 nitrogen and oxygen atoms in total. The lowest BCUT2D eigenvalue weighted by Crippen LogP contribution is -2.41. The molecule has 0 aromatic rings. The van der Waals surface area contributed by atoms with Crippen LogP contribution >= 0.6 is 0 Å². The predicted molar refractivity (Wildman–Crippen MR) is 49.9 cm³/mol. The highest BCUT2D eigenvalue weighted by Gasteiger charge is 2.09. The lowest BCUT2D eigenvalue weighted by Gasteiger charge is -2.29. The van der Waals surface area contributed by atoms with Gasteiger partial charge in [0.1, 0.15) is 0 Å². The Hall–Kier alpha value is -0.730. The maximum absolute atomic E-state index is 4.18. The minimum absolute atomic E-state index is 0.496. The molecule has 11 heavy (non-hydrogen) atoms. The van der Waals surface area contributed by atoms with E-state index in [4.69, 9.17) is 0 Å². The maximum Gasteiger partial charge on any atom is 0.195 e. The Labute approximate surface area is 69.7 Å². The molecular weight excluding hydrogens is 138 g/mol. The number of hydrogen-bond donors (Lipinski definition) is 0. The summed E-state index contributed by atoms with van der Waals surface area (Å²) in [5.41, 5.74) is 0. The van der Waals surface area contributed by atoms with E-state index in [2.05, 4.69) is 23.7 Å². The van der Waals surface area contributed by atoms with Crippen LogP contribution in [0.4, 0.5) is 0 Å². The van der Waals surface area contributed by atoms with Gasteiger partial charge in [-0.25, -0.2) is 0 Å². The molecule has 66 valence electrons. The molecule has 0 atom stereocenters. The van der Waals surface area contributed by atoms with Gasteiger partial charge in [-0.15, -0.1) is 0 Å². The second kappa shape index (κ2) is 4.21. The lowest BCUT2D eigenvalue weighted by molar-refractivity contribution is 0.364. The standard InChI is InChI=1S/C8H19N3/c1-7(2)11(6)8(9-3)10(4)5/h7H,1-6H3/b9-8+. The van der Waals surface area contributed by atoms with Crippen LogP contribution in [0.5, 0.6) is 0 Å². The van der Waals surface area contributed by atoms with Gasteiger partial charge < -0.3 is 9.80 Å². The van der Waals surface area contributed by atoms with Crippen molar-refractivity contribution in [1.82, 2.24) is 9.80 Å². The van der Waals surface area contributed by atoms with Crippen molar-refractivity contribution in [3.8, 4) is 0 Å². The monoisotopic (exact) mass is 157 g/mol. The molecule has 0 fully saturated rings. The summed E-state index contributed by atoms with van der Waals surface area (Å²) in [6.07, 6.45) is 0. The Bertz CT molecular complexity index is 138.